The van der Waals surface area contributed by atoms with Crippen molar-refractivity contribution in [2.75, 3.05) is 47.5 Å². The summed E-state index contributed by atoms with van der Waals surface area (Å²) >= 11 is 0. The van der Waals surface area contributed by atoms with Crippen LogP contribution in [0.5, 0.6) is 0 Å². The standard InChI is InChI=1S/C9H11NO2.C5H14NO.C3H8O3.C2H5NO/c10-8(9(11)12)6-7-4-2-1-3-5-7;1-6(2,3)4-5-7;4-1-3(6)2-5;1-2(3)4/h1-5,8H,6,10H2,(H,11,12);7H,4-5H2,1-3H3;3-6H,1-2H2;1H3,(H2,3,4)/q;+1;;. The molecule has 29 heavy (non-hydrogen) atoms. The maximum Gasteiger partial charge on any atom is 0.320 e. The number of nitrogens with two attached hydrogens (primary N) is 2. The lowest BCUT2D eigenvalue weighted by Crippen LogP contribution is -2.36. The summed E-state index contributed by atoms with van der Waals surface area (Å²) in [5, 5.41) is 40.9. The van der Waals surface area contributed by atoms with Crippen molar-refractivity contribution >= 4 is 11.9 Å². The normalized spacial score (nSPS) is 11.0. The van der Waals surface area contributed by atoms with Gasteiger partial charge in [-0.3, -0.25) is 9.59 Å². The molecule has 10 nitrogen and oxygen atoms in total. The van der Waals surface area contributed by atoms with E-state index < -0.39 is 18.1 Å². The maximum absolute atomic E-state index is 10.4. The number of carboxylic acids is 1. The van der Waals surface area contributed by atoms with Crippen LogP contribution in [0, 0.1) is 0 Å². The predicted octanol–water partition coefficient (Wildman–Crippen LogP) is -1.85. The van der Waals surface area contributed by atoms with Gasteiger partial charge in [-0.2, -0.15) is 0 Å². The van der Waals surface area contributed by atoms with Gasteiger partial charge in [0.15, 0.2) is 0 Å². The molecule has 0 saturated carbocycles. The number of primary amides is 1. The average Bonchev–Trinajstić information content (AvgIpc) is 2.61. The van der Waals surface area contributed by atoms with E-state index in [9.17, 15) is 9.59 Å². The number of aliphatic carboxylic acids is 1. The molecule has 1 atom stereocenters. The summed E-state index contributed by atoms with van der Waals surface area (Å²) in [6.07, 6.45) is -0.569. The summed E-state index contributed by atoms with van der Waals surface area (Å²) in [6.45, 7) is 1.69. The van der Waals surface area contributed by atoms with Crippen molar-refractivity contribution in [2.24, 2.45) is 11.5 Å². The van der Waals surface area contributed by atoms with Crippen LogP contribution in [0.25, 0.3) is 0 Å². The molecule has 1 unspecified atom stereocenters. The first-order chi connectivity index (χ1) is 13.3. The zero-order valence-electron chi connectivity index (χ0n) is 17.7. The summed E-state index contributed by atoms with van der Waals surface area (Å²) in [5.41, 5.74) is 10.8. The van der Waals surface area contributed by atoms with E-state index in [-0.39, 0.29) is 25.7 Å². The number of rotatable bonds is 7. The third-order valence-electron chi connectivity index (χ3n) is 2.81. The number of benzene rings is 1. The number of amides is 1. The topological polar surface area (TPSA) is 187 Å². The SMILES string of the molecule is CC(N)=O.C[N+](C)(C)CCO.NC(Cc1ccccc1)C(=O)O.OCC(O)CO. The highest BCUT2D eigenvalue weighted by molar-refractivity contribution is 5.73. The van der Waals surface area contributed by atoms with Gasteiger partial charge in [-0.15, -0.1) is 0 Å². The van der Waals surface area contributed by atoms with Crippen LogP contribution in [-0.2, 0) is 16.0 Å². The fourth-order valence-corrected chi connectivity index (χ4v) is 1.31. The van der Waals surface area contributed by atoms with E-state index in [0.29, 0.717) is 6.42 Å². The van der Waals surface area contributed by atoms with Gasteiger partial charge in [0.05, 0.1) is 41.0 Å². The van der Waals surface area contributed by atoms with Gasteiger partial charge in [0.25, 0.3) is 0 Å². The van der Waals surface area contributed by atoms with E-state index >= 15 is 0 Å². The van der Waals surface area contributed by atoms with Crippen LogP contribution in [0.15, 0.2) is 30.3 Å². The van der Waals surface area contributed by atoms with E-state index in [0.717, 1.165) is 16.6 Å². The van der Waals surface area contributed by atoms with Crippen molar-refractivity contribution in [1.82, 2.24) is 0 Å². The summed E-state index contributed by atoms with van der Waals surface area (Å²) < 4.78 is 0.844. The van der Waals surface area contributed by atoms with E-state index in [1.807, 2.05) is 30.3 Å². The van der Waals surface area contributed by atoms with Crippen molar-refractivity contribution in [3.05, 3.63) is 35.9 Å². The molecular weight excluding hydrogens is 382 g/mol. The Morgan fingerprint density at radius 3 is 1.66 bits per heavy atom. The van der Waals surface area contributed by atoms with E-state index in [2.05, 4.69) is 26.9 Å². The van der Waals surface area contributed by atoms with E-state index in [4.69, 9.17) is 31.3 Å². The summed E-state index contributed by atoms with van der Waals surface area (Å²) in [7, 11) is 6.16. The minimum atomic E-state index is -0.959. The molecule has 170 valence electrons. The Labute approximate surface area is 172 Å². The van der Waals surface area contributed by atoms with Crippen LogP contribution in [0.4, 0.5) is 0 Å². The molecular formula is C19H38N3O7+. The lowest BCUT2D eigenvalue weighted by molar-refractivity contribution is -0.870. The maximum atomic E-state index is 10.4. The fraction of sp³-hybridized carbons (Fsp3) is 0.579. The highest BCUT2D eigenvalue weighted by Gasteiger charge is 2.10. The number of likely N-dealkylation sites (N-methyl/N-ethyl adjacent to an activating group) is 1. The minimum absolute atomic E-state index is 0.281. The number of carbonyl (C=O) groups is 2. The zero-order chi connectivity index (χ0) is 23.5. The molecule has 10 heteroatoms. The first-order valence-electron chi connectivity index (χ1n) is 8.90. The van der Waals surface area contributed by atoms with Gasteiger partial charge in [-0.1, -0.05) is 30.3 Å². The smallest absolute Gasteiger partial charge is 0.320 e. The molecule has 0 bridgehead atoms. The molecule has 9 N–H and O–H groups in total. The highest BCUT2D eigenvalue weighted by atomic mass is 16.4. The zero-order valence-corrected chi connectivity index (χ0v) is 17.7. The predicted molar refractivity (Wildman–Crippen MR) is 111 cm³/mol. The Hall–Kier alpha value is -2.08. The molecule has 1 aromatic rings. The summed E-state index contributed by atoms with van der Waals surface area (Å²) in [4.78, 5) is 19.6. The van der Waals surface area contributed by atoms with Gasteiger partial charge >= 0.3 is 5.97 Å². The molecule has 0 aromatic heterocycles. The van der Waals surface area contributed by atoms with Crippen molar-refractivity contribution < 1.29 is 39.6 Å². The number of nitrogens with zero attached hydrogens (tertiary/aromatic N) is 1. The second kappa shape index (κ2) is 19.2. The van der Waals surface area contributed by atoms with Gasteiger partial charge < -0.3 is 41.5 Å². The molecule has 1 aromatic carbocycles. The Morgan fingerprint density at radius 2 is 1.45 bits per heavy atom. The number of carbonyl (C=O) groups excluding carboxylic acids is 1. The van der Waals surface area contributed by atoms with Gasteiger partial charge in [0.2, 0.25) is 5.91 Å². The highest BCUT2D eigenvalue weighted by Crippen LogP contribution is 2.01. The summed E-state index contributed by atoms with van der Waals surface area (Å²) in [6, 6.07) is 8.54. The minimum Gasteiger partial charge on any atom is -0.480 e. The number of aliphatic hydroxyl groups excluding tert-OH is 4. The molecule has 0 aliphatic heterocycles. The van der Waals surface area contributed by atoms with Crippen molar-refractivity contribution in [1.29, 1.82) is 0 Å². The first kappa shape index (κ1) is 31.6. The first-order valence-corrected chi connectivity index (χ1v) is 8.90. The van der Waals surface area contributed by atoms with E-state index in [1.54, 1.807) is 0 Å². The van der Waals surface area contributed by atoms with Gasteiger partial charge in [-0.05, 0) is 12.0 Å². The van der Waals surface area contributed by atoms with Crippen molar-refractivity contribution in [3.8, 4) is 0 Å². The van der Waals surface area contributed by atoms with Crippen LogP contribution in [0.1, 0.15) is 12.5 Å². The van der Waals surface area contributed by atoms with Crippen molar-refractivity contribution in [3.63, 3.8) is 0 Å². The Balaban J connectivity index is -0.000000342. The average molecular weight is 421 g/mol. The Kier molecular flexibility index (Phi) is 21.0. The molecule has 0 fully saturated rings. The van der Waals surface area contributed by atoms with Gasteiger partial charge in [0.1, 0.15) is 18.7 Å². The number of carboxylic acid groups (broad SMARTS) is 1. The molecule has 0 saturated heterocycles. The van der Waals surface area contributed by atoms with Crippen LogP contribution in [-0.4, -0.2) is 102 Å². The fourth-order valence-electron chi connectivity index (χ4n) is 1.31. The van der Waals surface area contributed by atoms with Crippen LogP contribution in [0.2, 0.25) is 0 Å². The van der Waals surface area contributed by atoms with Crippen LogP contribution >= 0.6 is 0 Å². The summed E-state index contributed by atoms with van der Waals surface area (Å²) in [5.74, 6) is -1.29. The van der Waals surface area contributed by atoms with Crippen LogP contribution in [0.3, 0.4) is 0 Å². The third-order valence-corrected chi connectivity index (χ3v) is 2.81. The molecule has 0 aliphatic carbocycles. The van der Waals surface area contributed by atoms with E-state index in [1.165, 1.54) is 6.92 Å². The van der Waals surface area contributed by atoms with Crippen LogP contribution < -0.4 is 11.5 Å². The molecule has 1 rings (SSSR count). The largest absolute Gasteiger partial charge is 0.480 e. The molecule has 0 aliphatic rings. The lowest BCUT2D eigenvalue weighted by Gasteiger charge is -2.21. The van der Waals surface area contributed by atoms with Crippen molar-refractivity contribution in [2.45, 2.75) is 25.5 Å². The Morgan fingerprint density at radius 1 is 1.03 bits per heavy atom. The molecule has 0 heterocycles. The number of quaternary nitrogens is 1. The lowest BCUT2D eigenvalue weighted by atomic mass is 10.1. The quantitative estimate of drug-likeness (QED) is 0.250. The number of aliphatic hydroxyl groups is 4. The molecule has 1 amide bonds. The third kappa shape index (κ3) is 30.9. The molecule has 0 spiro atoms. The number of hydrogen-bond acceptors (Lipinski definition) is 7. The number of hydrogen-bond donors (Lipinski definition) is 7. The van der Waals surface area contributed by atoms with Gasteiger partial charge in [0, 0.05) is 6.92 Å². The van der Waals surface area contributed by atoms with Gasteiger partial charge in [-0.25, -0.2) is 0 Å². The Bertz CT molecular complexity index is 514. The molecule has 0 radical (unpaired) electrons. The second-order valence-electron chi connectivity index (χ2n) is 7.00. The second-order valence-corrected chi connectivity index (χ2v) is 7.00. The monoisotopic (exact) mass is 420 g/mol.